The van der Waals surface area contributed by atoms with E-state index in [1.54, 1.807) is 0 Å². The van der Waals surface area contributed by atoms with Crippen LogP contribution in [-0.2, 0) is 0 Å². The lowest BCUT2D eigenvalue weighted by Gasteiger charge is -2.44. The fraction of sp³-hybridized carbons (Fsp3) is 1.00. The predicted octanol–water partition coefficient (Wildman–Crippen LogP) is 2.89. The molecular weight excluding hydrogens is 208 g/mol. The largest absolute Gasteiger partial charge is 0.312 e. The monoisotopic (exact) mass is 238 g/mol. The summed E-state index contributed by atoms with van der Waals surface area (Å²) in [7, 11) is 0. The van der Waals surface area contributed by atoms with Crippen molar-refractivity contribution in [1.29, 1.82) is 0 Å². The van der Waals surface area contributed by atoms with Gasteiger partial charge in [-0.2, -0.15) is 0 Å². The van der Waals surface area contributed by atoms with Gasteiger partial charge in [-0.25, -0.2) is 0 Å². The third kappa shape index (κ3) is 3.45. The highest BCUT2D eigenvalue weighted by Crippen LogP contribution is 2.33. The fourth-order valence-electron chi connectivity index (χ4n) is 3.18. The average Bonchev–Trinajstić information content (AvgIpc) is 2.24. The molecule has 0 aliphatic carbocycles. The van der Waals surface area contributed by atoms with Gasteiger partial charge in [-0.1, -0.05) is 27.7 Å². The van der Waals surface area contributed by atoms with Crippen LogP contribution in [0.25, 0.3) is 0 Å². The highest BCUT2D eigenvalue weighted by molar-refractivity contribution is 4.91. The molecule has 0 amide bonds. The van der Waals surface area contributed by atoms with Crippen LogP contribution in [0.2, 0.25) is 0 Å². The SMILES string of the molecule is CC1(C)CCN(CC2NCCCC2(C)C)CC1. The highest BCUT2D eigenvalue weighted by atomic mass is 15.2. The van der Waals surface area contributed by atoms with Crippen LogP contribution in [0.5, 0.6) is 0 Å². The zero-order valence-corrected chi connectivity index (χ0v) is 12.2. The molecule has 0 aromatic carbocycles. The van der Waals surface area contributed by atoms with Crippen LogP contribution in [0, 0.1) is 10.8 Å². The first-order valence-electron chi connectivity index (χ1n) is 7.35. The molecule has 2 rings (SSSR count). The summed E-state index contributed by atoms with van der Waals surface area (Å²) in [6.45, 7) is 14.7. The Hall–Kier alpha value is -0.0800. The van der Waals surface area contributed by atoms with Gasteiger partial charge in [0.2, 0.25) is 0 Å². The van der Waals surface area contributed by atoms with E-state index < -0.39 is 0 Å². The summed E-state index contributed by atoms with van der Waals surface area (Å²) >= 11 is 0. The van der Waals surface area contributed by atoms with E-state index in [0.29, 0.717) is 16.9 Å². The normalized spacial score (nSPS) is 33.5. The van der Waals surface area contributed by atoms with Crippen molar-refractivity contribution >= 4 is 0 Å². The Morgan fingerprint density at radius 2 is 1.71 bits per heavy atom. The van der Waals surface area contributed by atoms with Crippen molar-refractivity contribution in [1.82, 2.24) is 10.2 Å². The zero-order chi connectivity index (χ0) is 12.5. The van der Waals surface area contributed by atoms with E-state index in [1.165, 1.54) is 51.9 Å². The Morgan fingerprint density at radius 3 is 2.29 bits per heavy atom. The Labute approximate surface area is 107 Å². The first kappa shape index (κ1) is 13.4. The number of likely N-dealkylation sites (tertiary alicyclic amines) is 1. The molecule has 2 heteroatoms. The van der Waals surface area contributed by atoms with Gasteiger partial charge in [-0.3, -0.25) is 0 Å². The molecule has 100 valence electrons. The molecule has 0 spiro atoms. The minimum absolute atomic E-state index is 0.477. The Balaban J connectivity index is 1.85. The second-order valence-corrected chi connectivity index (χ2v) is 7.56. The molecule has 2 fully saturated rings. The molecule has 2 saturated heterocycles. The van der Waals surface area contributed by atoms with Crippen molar-refractivity contribution < 1.29 is 0 Å². The minimum atomic E-state index is 0.477. The Morgan fingerprint density at radius 1 is 1.06 bits per heavy atom. The summed E-state index contributed by atoms with van der Waals surface area (Å²) in [6, 6.07) is 0.692. The molecule has 2 nitrogen and oxygen atoms in total. The Bertz CT molecular complexity index is 248. The van der Waals surface area contributed by atoms with E-state index in [-0.39, 0.29) is 0 Å². The topological polar surface area (TPSA) is 15.3 Å². The van der Waals surface area contributed by atoms with E-state index in [2.05, 4.69) is 37.9 Å². The molecule has 0 saturated carbocycles. The third-order valence-corrected chi connectivity index (χ3v) is 4.98. The second-order valence-electron chi connectivity index (χ2n) is 7.56. The summed E-state index contributed by atoms with van der Waals surface area (Å²) in [6.07, 6.45) is 5.45. The van der Waals surface area contributed by atoms with Gasteiger partial charge in [0.05, 0.1) is 0 Å². The van der Waals surface area contributed by atoms with Crippen molar-refractivity contribution in [3.8, 4) is 0 Å². The second kappa shape index (κ2) is 4.89. The fourth-order valence-corrected chi connectivity index (χ4v) is 3.18. The molecule has 17 heavy (non-hydrogen) atoms. The smallest absolute Gasteiger partial charge is 0.0246 e. The van der Waals surface area contributed by atoms with Crippen LogP contribution < -0.4 is 5.32 Å². The van der Waals surface area contributed by atoms with Crippen LogP contribution >= 0.6 is 0 Å². The summed E-state index contributed by atoms with van der Waals surface area (Å²) < 4.78 is 0. The number of piperidine rings is 2. The van der Waals surface area contributed by atoms with Crippen LogP contribution in [-0.4, -0.2) is 37.1 Å². The maximum atomic E-state index is 3.74. The third-order valence-electron chi connectivity index (χ3n) is 4.98. The number of nitrogens with zero attached hydrogens (tertiary/aromatic N) is 1. The molecule has 0 aromatic rings. The van der Waals surface area contributed by atoms with E-state index in [0.717, 1.165) is 0 Å². The standard InChI is InChI=1S/C15H30N2/c1-14(2)7-10-17(11-8-14)12-13-15(3,4)6-5-9-16-13/h13,16H,5-12H2,1-4H3. The molecule has 0 radical (unpaired) electrons. The summed E-state index contributed by atoms with van der Waals surface area (Å²) in [5.74, 6) is 0. The van der Waals surface area contributed by atoms with Gasteiger partial charge in [0.15, 0.2) is 0 Å². The van der Waals surface area contributed by atoms with E-state index in [4.69, 9.17) is 0 Å². The van der Waals surface area contributed by atoms with Crippen molar-refractivity contribution in [2.45, 2.75) is 59.4 Å². The van der Waals surface area contributed by atoms with E-state index in [9.17, 15) is 0 Å². The lowest BCUT2D eigenvalue weighted by atomic mass is 9.76. The number of rotatable bonds is 2. The van der Waals surface area contributed by atoms with Gasteiger partial charge >= 0.3 is 0 Å². The lowest BCUT2D eigenvalue weighted by molar-refractivity contribution is 0.0824. The molecule has 1 unspecified atom stereocenters. The summed E-state index contributed by atoms with van der Waals surface area (Å²) in [5.41, 5.74) is 1.05. The van der Waals surface area contributed by atoms with Gasteiger partial charge in [0, 0.05) is 12.6 Å². The first-order chi connectivity index (χ1) is 7.89. The van der Waals surface area contributed by atoms with Gasteiger partial charge < -0.3 is 10.2 Å². The van der Waals surface area contributed by atoms with Gasteiger partial charge in [-0.15, -0.1) is 0 Å². The summed E-state index contributed by atoms with van der Waals surface area (Å²) in [4.78, 5) is 2.68. The lowest BCUT2D eigenvalue weighted by Crippen LogP contribution is -2.54. The van der Waals surface area contributed by atoms with Crippen molar-refractivity contribution in [2.75, 3.05) is 26.2 Å². The number of hydrogen-bond donors (Lipinski definition) is 1. The molecule has 0 aromatic heterocycles. The van der Waals surface area contributed by atoms with Crippen molar-refractivity contribution in [3.05, 3.63) is 0 Å². The van der Waals surface area contributed by atoms with E-state index >= 15 is 0 Å². The summed E-state index contributed by atoms with van der Waals surface area (Å²) in [5, 5.41) is 3.74. The quantitative estimate of drug-likeness (QED) is 0.796. The van der Waals surface area contributed by atoms with Crippen molar-refractivity contribution in [3.63, 3.8) is 0 Å². The molecular formula is C15H30N2. The molecule has 1 atom stereocenters. The van der Waals surface area contributed by atoms with Gasteiger partial charge in [0.25, 0.3) is 0 Å². The van der Waals surface area contributed by atoms with Crippen LogP contribution in [0.1, 0.15) is 53.4 Å². The highest BCUT2D eigenvalue weighted by Gasteiger charge is 2.34. The maximum absolute atomic E-state index is 3.74. The van der Waals surface area contributed by atoms with Crippen LogP contribution in [0.3, 0.4) is 0 Å². The van der Waals surface area contributed by atoms with E-state index in [1.807, 2.05) is 0 Å². The van der Waals surface area contributed by atoms with Crippen LogP contribution in [0.15, 0.2) is 0 Å². The first-order valence-corrected chi connectivity index (χ1v) is 7.35. The molecule has 2 heterocycles. The predicted molar refractivity (Wildman–Crippen MR) is 74.3 cm³/mol. The van der Waals surface area contributed by atoms with Crippen molar-refractivity contribution in [2.24, 2.45) is 10.8 Å². The minimum Gasteiger partial charge on any atom is -0.312 e. The van der Waals surface area contributed by atoms with Gasteiger partial charge in [0.1, 0.15) is 0 Å². The zero-order valence-electron chi connectivity index (χ0n) is 12.2. The molecule has 2 aliphatic rings. The average molecular weight is 238 g/mol. The van der Waals surface area contributed by atoms with Crippen LogP contribution in [0.4, 0.5) is 0 Å². The van der Waals surface area contributed by atoms with Gasteiger partial charge in [-0.05, 0) is 56.1 Å². The molecule has 0 bridgehead atoms. The Kier molecular flexibility index (Phi) is 3.84. The maximum Gasteiger partial charge on any atom is 0.0246 e. The number of hydrogen-bond acceptors (Lipinski definition) is 2. The molecule has 2 aliphatic heterocycles. The number of nitrogens with one attached hydrogen (secondary N) is 1. The molecule has 1 N–H and O–H groups in total.